The van der Waals surface area contributed by atoms with E-state index in [9.17, 15) is 10.1 Å². The van der Waals surface area contributed by atoms with Crippen LogP contribution >= 0.6 is 0 Å². The van der Waals surface area contributed by atoms with Gasteiger partial charge in [0.1, 0.15) is 0 Å². The zero-order chi connectivity index (χ0) is 12.0. The van der Waals surface area contributed by atoms with E-state index in [0.717, 1.165) is 18.7 Å². The van der Waals surface area contributed by atoms with E-state index in [0.29, 0.717) is 12.2 Å². The van der Waals surface area contributed by atoms with E-state index in [1.165, 1.54) is 6.07 Å². The van der Waals surface area contributed by atoms with Crippen LogP contribution in [0.1, 0.15) is 12.0 Å². The number of hydrogen-bond acceptors (Lipinski definition) is 4. The van der Waals surface area contributed by atoms with Crippen molar-refractivity contribution < 1.29 is 9.66 Å². The number of anilines is 1. The van der Waals surface area contributed by atoms with Crippen molar-refractivity contribution >= 4 is 11.4 Å². The van der Waals surface area contributed by atoms with Crippen molar-refractivity contribution in [2.75, 3.05) is 25.6 Å². The average molecular weight is 224 g/mol. The molecule has 1 aromatic carbocycles. The highest BCUT2D eigenvalue weighted by Crippen LogP contribution is 2.21. The van der Waals surface area contributed by atoms with Crippen LogP contribution in [-0.2, 0) is 4.74 Å². The summed E-state index contributed by atoms with van der Waals surface area (Å²) in [6.45, 7) is 3.24. The van der Waals surface area contributed by atoms with Gasteiger partial charge in [0, 0.05) is 37.6 Å². The third-order valence-electron chi connectivity index (χ3n) is 2.25. The summed E-state index contributed by atoms with van der Waals surface area (Å²) < 4.78 is 4.92. The second kappa shape index (κ2) is 6.07. The number of nitrogens with one attached hydrogen (secondary N) is 1. The Hall–Kier alpha value is -1.62. The molecule has 1 N–H and O–H groups in total. The van der Waals surface area contributed by atoms with E-state index >= 15 is 0 Å². The maximum absolute atomic E-state index is 10.6. The van der Waals surface area contributed by atoms with Crippen LogP contribution in [-0.4, -0.2) is 25.2 Å². The van der Waals surface area contributed by atoms with Crippen LogP contribution in [0.15, 0.2) is 18.2 Å². The van der Waals surface area contributed by atoms with Crippen LogP contribution in [0.2, 0.25) is 0 Å². The van der Waals surface area contributed by atoms with Crippen LogP contribution < -0.4 is 5.32 Å². The van der Waals surface area contributed by atoms with Gasteiger partial charge < -0.3 is 10.1 Å². The van der Waals surface area contributed by atoms with Crippen LogP contribution in [0.3, 0.4) is 0 Å². The lowest BCUT2D eigenvalue weighted by molar-refractivity contribution is -0.385. The Morgan fingerprint density at radius 3 is 2.81 bits per heavy atom. The van der Waals surface area contributed by atoms with Crippen molar-refractivity contribution in [3.8, 4) is 0 Å². The van der Waals surface area contributed by atoms with Gasteiger partial charge in [0.2, 0.25) is 0 Å². The monoisotopic (exact) mass is 224 g/mol. The van der Waals surface area contributed by atoms with Crippen LogP contribution in [0.5, 0.6) is 0 Å². The zero-order valence-corrected chi connectivity index (χ0v) is 9.53. The molecule has 0 amide bonds. The van der Waals surface area contributed by atoms with Crippen LogP contribution in [0.4, 0.5) is 11.4 Å². The van der Waals surface area contributed by atoms with Crippen molar-refractivity contribution in [2.45, 2.75) is 13.3 Å². The number of methoxy groups -OCH3 is 1. The normalized spacial score (nSPS) is 10.1. The van der Waals surface area contributed by atoms with Crippen LogP contribution in [0.25, 0.3) is 0 Å². The molecule has 0 atom stereocenters. The van der Waals surface area contributed by atoms with E-state index < -0.39 is 0 Å². The van der Waals surface area contributed by atoms with Gasteiger partial charge in [-0.2, -0.15) is 0 Å². The molecule has 5 heteroatoms. The lowest BCUT2D eigenvalue weighted by Crippen LogP contribution is -2.05. The second-order valence-electron chi connectivity index (χ2n) is 3.53. The molecule has 88 valence electrons. The molecule has 0 heterocycles. The van der Waals surface area contributed by atoms with Crippen LogP contribution in [0, 0.1) is 17.0 Å². The smallest absolute Gasteiger partial charge is 0.272 e. The van der Waals surface area contributed by atoms with Crippen molar-refractivity contribution in [3.05, 3.63) is 33.9 Å². The highest BCUT2D eigenvalue weighted by Gasteiger charge is 2.09. The molecule has 16 heavy (non-hydrogen) atoms. The van der Waals surface area contributed by atoms with Crippen molar-refractivity contribution in [1.29, 1.82) is 0 Å². The van der Waals surface area contributed by atoms with Gasteiger partial charge in [-0.15, -0.1) is 0 Å². The first-order chi connectivity index (χ1) is 7.65. The summed E-state index contributed by atoms with van der Waals surface area (Å²) in [5.41, 5.74) is 1.73. The molecular formula is C11H16N2O3. The minimum atomic E-state index is -0.371. The summed E-state index contributed by atoms with van der Waals surface area (Å²) in [7, 11) is 1.66. The molecule has 5 nitrogen and oxygen atoms in total. The van der Waals surface area contributed by atoms with Crippen molar-refractivity contribution in [1.82, 2.24) is 0 Å². The fourth-order valence-electron chi connectivity index (χ4n) is 1.42. The highest BCUT2D eigenvalue weighted by atomic mass is 16.6. The molecule has 1 rings (SSSR count). The molecule has 0 spiro atoms. The third kappa shape index (κ3) is 3.51. The molecule has 0 saturated carbocycles. The standard InChI is InChI=1S/C11H16N2O3/c1-9-8-10(12-6-3-7-16-2)4-5-11(9)13(14)15/h4-5,8,12H,3,6-7H2,1-2H3. The maximum atomic E-state index is 10.6. The second-order valence-corrected chi connectivity index (χ2v) is 3.53. The molecule has 0 aliphatic heterocycles. The highest BCUT2D eigenvalue weighted by molar-refractivity contribution is 5.53. The summed E-state index contributed by atoms with van der Waals surface area (Å²) >= 11 is 0. The summed E-state index contributed by atoms with van der Waals surface area (Å²) in [4.78, 5) is 10.2. The first kappa shape index (κ1) is 12.4. The number of aryl methyl sites for hydroxylation is 1. The third-order valence-corrected chi connectivity index (χ3v) is 2.25. The number of nitrogens with zero attached hydrogens (tertiary/aromatic N) is 1. The maximum Gasteiger partial charge on any atom is 0.272 e. The Morgan fingerprint density at radius 1 is 1.50 bits per heavy atom. The summed E-state index contributed by atoms with van der Waals surface area (Å²) in [6.07, 6.45) is 0.909. The predicted octanol–water partition coefficient (Wildman–Crippen LogP) is 2.35. The predicted molar refractivity (Wildman–Crippen MR) is 62.8 cm³/mol. The Labute approximate surface area is 94.6 Å². The number of nitro benzene ring substituents is 1. The van der Waals surface area contributed by atoms with Gasteiger partial charge in [-0.05, 0) is 25.5 Å². The summed E-state index contributed by atoms with van der Waals surface area (Å²) in [5, 5.41) is 13.8. The number of rotatable bonds is 6. The quantitative estimate of drug-likeness (QED) is 0.457. The molecule has 0 aromatic heterocycles. The molecule has 0 bridgehead atoms. The molecule has 0 radical (unpaired) electrons. The lowest BCUT2D eigenvalue weighted by Gasteiger charge is -2.06. The average Bonchev–Trinajstić information content (AvgIpc) is 2.24. The number of benzene rings is 1. The SMILES string of the molecule is COCCCNc1ccc([N+](=O)[O-])c(C)c1. The fraction of sp³-hybridized carbons (Fsp3) is 0.455. The van der Waals surface area contributed by atoms with Gasteiger partial charge in [-0.3, -0.25) is 10.1 Å². The van der Waals surface area contributed by atoms with Gasteiger partial charge >= 0.3 is 0 Å². The molecule has 0 unspecified atom stereocenters. The molecule has 0 saturated heterocycles. The van der Waals surface area contributed by atoms with Crippen molar-refractivity contribution in [2.24, 2.45) is 0 Å². The topological polar surface area (TPSA) is 64.4 Å². The molecule has 0 aliphatic carbocycles. The Bertz CT molecular complexity index is 366. The Balaban J connectivity index is 2.56. The largest absolute Gasteiger partial charge is 0.385 e. The van der Waals surface area contributed by atoms with E-state index in [1.54, 1.807) is 26.2 Å². The minimum Gasteiger partial charge on any atom is -0.385 e. The van der Waals surface area contributed by atoms with Crippen molar-refractivity contribution in [3.63, 3.8) is 0 Å². The molecular weight excluding hydrogens is 208 g/mol. The Morgan fingerprint density at radius 2 is 2.25 bits per heavy atom. The summed E-state index contributed by atoms with van der Waals surface area (Å²) in [5.74, 6) is 0. The zero-order valence-electron chi connectivity index (χ0n) is 9.53. The summed E-state index contributed by atoms with van der Waals surface area (Å²) in [6, 6.07) is 5.02. The fourth-order valence-corrected chi connectivity index (χ4v) is 1.42. The van der Waals surface area contributed by atoms with Gasteiger partial charge in [-0.25, -0.2) is 0 Å². The number of ether oxygens (including phenoxy) is 1. The molecule has 0 aliphatic rings. The van der Waals surface area contributed by atoms with Gasteiger partial charge in [0.15, 0.2) is 0 Å². The Kier molecular flexibility index (Phi) is 4.72. The van der Waals surface area contributed by atoms with E-state index in [-0.39, 0.29) is 10.6 Å². The first-order valence-electron chi connectivity index (χ1n) is 5.13. The minimum absolute atomic E-state index is 0.155. The first-order valence-corrected chi connectivity index (χ1v) is 5.13. The van der Waals surface area contributed by atoms with E-state index in [4.69, 9.17) is 4.74 Å². The molecule has 0 fully saturated rings. The van der Waals surface area contributed by atoms with Gasteiger partial charge in [0.05, 0.1) is 4.92 Å². The van der Waals surface area contributed by atoms with E-state index in [1.807, 2.05) is 0 Å². The molecule has 1 aromatic rings. The lowest BCUT2D eigenvalue weighted by atomic mass is 10.2. The van der Waals surface area contributed by atoms with Gasteiger partial charge in [0.25, 0.3) is 5.69 Å². The van der Waals surface area contributed by atoms with Gasteiger partial charge in [-0.1, -0.05) is 0 Å². The number of hydrogen-bond donors (Lipinski definition) is 1. The number of nitro groups is 1. The van der Waals surface area contributed by atoms with E-state index in [2.05, 4.69) is 5.32 Å².